The largest absolute Gasteiger partial charge is 0.493 e. The normalized spacial score (nSPS) is 26.8. The quantitative estimate of drug-likeness (QED) is 0.662. The van der Waals surface area contributed by atoms with Gasteiger partial charge in [0.1, 0.15) is 5.69 Å². The van der Waals surface area contributed by atoms with Gasteiger partial charge in [-0.05, 0) is 30.8 Å². The number of likely N-dealkylation sites (N-methyl/N-ethyl adjacent to an activating group) is 1. The Morgan fingerprint density at radius 3 is 2.58 bits per heavy atom. The van der Waals surface area contributed by atoms with Crippen LogP contribution in [0, 0.1) is 0 Å². The van der Waals surface area contributed by atoms with Gasteiger partial charge in [-0.3, -0.25) is 15.2 Å². The van der Waals surface area contributed by atoms with Crippen LogP contribution in [0.5, 0.6) is 5.75 Å². The lowest BCUT2D eigenvalue weighted by atomic mass is 9.93. The number of piperazine rings is 1. The van der Waals surface area contributed by atoms with Crippen LogP contribution in [0.4, 0.5) is 11.4 Å². The number of ether oxygens (including phenoxy) is 1. The van der Waals surface area contributed by atoms with E-state index < -0.39 is 0 Å². The minimum Gasteiger partial charge on any atom is -0.493 e. The van der Waals surface area contributed by atoms with E-state index in [0.29, 0.717) is 17.9 Å². The summed E-state index contributed by atoms with van der Waals surface area (Å²) in [5.41, 5.74) is 13.2. The van der Waals surface area contributed by atoms with E-state index in [9.17, 15) is 4.79 Å². The molecule has 0 saturated carbocycles. The molecule has 1 amide bonds. The number of benzene rings is 1. The molecule has 2 aromatic rings. The number of methoxy groups -OCH3 is 1. The van der Waals surface area contributed by atoms with Gasteiger partial charge in [-0.2, -0.15) is 0 Å². The van der Waals surface area contributed by atoms with E-state index in [1.54, 1.807) is 30.6 Å². The van der Waals surface area contributed by atoms with Gasteiger partial charge in [0.05, 0.1) is 25.4 Å². The van der Waals surface area contributed by atoms with Crippen LogP contribution in [0.15, 0.2) is 42.7 Å². The fraction of sp³-hybridized carbons (Fsp3) is 0.455. The van der Waals surface area contributed by atoms with E-state index >= 15 is 0 Å². The van der Waals surface area contributed by atoms with Crippen molar-refractivity contribution in [2.24, 2.45) is 0 Å². The number of carbonyl (C=O) groups excluding carboxylic acids is 1. The van der Waals surface area contributed by atoms with Gasteiger partial charge in [0.25, 0.3) is 0 Å². The summed E-state index contributed by atoms with van der Waals surface area (Å²) in [5.74, 6) is 0.555. The lowest BCUT2D eigenvalue weighted by Crippen LogP contribution is -2.60. The van der Waals surface area contributed by atoms with E-state index in [1.807, 2.05) is 0 Å². The lowest BCUT2D eigenvalue weighted by molar-refractivity contribution is -0.121. The summed E-state index contributed by atoms with van der Waals surface area (Å²) < 4.78 is 5.41. The van der Waals surface area contributed by atoms with E-state index in [1.165, 1.54) is 11.3 Å². The molecule has 3 fully saturated rings. The maximum atomic E-state index is 12.8. The number of anilines is 2. The van der Waals surface area contributed by atoms with Crippen molar-refractivity contribution >= 4 is 17.3 Å². The van der Waals surface area contributed by atoms with Crippen LogP contribution in [0.25, 0.3) is 0 Å². The standard InChI is InChI=1S/C22H29N7O2/c1-27-9-11-28(12-10-27)16-5-3-15(4-6-16)21-22-17(24-25-21)13-20(30)29(26-22)18-7-8-23-14-19(18)31-2/h3-8,14,17,21-22,24-26H,9-13H2,1-2H3. The second-order valence-corrected chi connectivity index (χ2v) is 8.39. The maximum Gasteiger partial charge on any atom is 0.243 e. The molecule has 3 saturated heterocycles. The zero-order valence-electron chi connectivity index (χ0n) is 17.9. The molecule has 5 rings (SSSR count). The number of nitrogens with zero attached hydrogens (tertiary/aromatic N) is 4. The summed E-state index contributed by atoms with van der Waals surface area (Å²) in [7, 11) is 3.75. The Bertz CT molecular complexity index is 930. The first kappa shape index (κ1) is 20.2. The van der Waals surface area contributed by atoms with Crippen molar-refractivity contribution in [2.45, 2.75) is 24.5 Å². The number of rotatable bonds is 4. The first-order chi connectivity index (χ1) is 15.1. The summed E-state index contributed by atoms with van der Waals surface area (Å²) in [6.45, 7) is 4.28. The van der Waals surface area contributed by atoms with Gasteiger partial charge in [-0.1, -0.05) is 12.1 Å². The maximum absolute atomic E-state index is 12.8. The average Bonchev–Trinajstić information content (AvgIpc) is 3.21. The van der Waals surface area contributed by atoms with Crippen molar-refractivity contribution < 1.29 is 9.53 Å². The number of nitrogens with one attached hydrogen (secondary N) is 3. The first-order valence-corrected chi connectivity index (χ1v) is 10.8. The summed E-state index contributed by atoms with van der Waals surface area (Å²) in [6.07, 6.45) is 3.68. The minimum atomic E-state index is -0.00823. The molecule has 0 bridgehead atoms. The molecule has 3 unspecified atom stereocenters. The SMILES string of the molecule is COc1cnccc1N1NC2C(CC1=O)NNC2c1ccc(N2CCN(C)CC2)cc1. The van der Waals surface area contributed by atoms with Gasteiger partial charge < -0.3 is 14.5 Å². The third-order valence-corrected chi connectivity index (χ3v) is 6.48. The Morgan fingerprint density at radius 2 is 1.84 bits per heavy atom. The molecule has 4 heterocycles. The van der Waals surface area contributed by atoms with Gasteiger partial charge in [-0.25, -0.2) is 15.9 Å². The second kappa shape index (κ2) is 8.43. The monoisotopic (exact) mass is 423 g/mol. The highest BCUT2D eigenvalue weighted by Crippen LogP contribution is 2.33. The molecule has 3 aliphatic rings. The topological polar surface area (TPSA) is 85.0 Å². The highest BCUT2D eigenvalue weighted by molar-refractivity contribution is 5.95. The molecule has 0 spiro atoms. The molecule has 1 aromatic heterocycles. The molecule has 9 nitrogen and oxygen atoms in total. The summed E-state index contributed by atoms with van der Waals surface area (Å²) in [5, 5.41) is 1.60. The molecule has 0 radical (unpaired) electrons. The van der Waals surface area contributed by atoms with Gasteiger partial charge in [0, 0.05) is 50.5 Å². The van der Waals surface area contributed by atoms with Crippen molar-refractivity contribution in [3.63, 3.8) is 0 Å². The Balaban J connectivity index is 1.34. The smallest absolute Gasteiger partial charge is 0.243 e. The molecule has 3 atom stereocenters. The second-order valence-electron chi connectivity index (χ2n) is 8.39. The molecule has 31 heavy (non-hydrogen) atoms. The summed E-state index contributed by atoms with van der Waals surface area (Å²) >= 11 is 0. The summed E-state index contributed by atoms with van der Waals surface area (Å²) in [6, 6.07) is 10.6. The van der Waals surface area contributed by atoms with Gasteiger partial charge in [0.15, 0.2) is 5.75 Å². The zero-order valence-corrected chi connectivity index (χ0v) is 17.9. The third kappa shape index (κ3) is 3.85. The Labute approximate surface area is 182 Å². The van der Waals surface area contributed by atoms with Crippen LogP contribution in [-0.4, -0.2) is 68.2 Å². The predicted octanol–water partition coefficient (Wildman–Crippen LogP) is 0.670. The molecule has 3 N–H and O–H groups in total. The Morgan fingerprint density at radius 1 is 1.06 bits per heavy atom. The highest BCUT2D eigenvalue weighted by atomic mass is 16.5. The molecule has 9 heteroatoms. The van der Waals surface area contributed by atoms with E-state index in [4.69, 9.17) is 4.74 Å². The summed E-state index contributed by atoms with van der Waals surface area (Å²) in [4.78, 5) is 21.7. The number of amides is 1. The lowest BCUT2D eigenvalue weighted by Gasteiger charge is -2.37. The van der Waals surface area contributed by atoms with Crippen molar-refractivity contribution in [1.82, 2.24) is 26.2 Å². The van der Waals surface area contributed by atoms with Crippen LogP contribution in [-0.2, 0) is 4.79 Å². The van der Waals surface area contributed by atoms with Crippen molar-refractivity contribution in [1.29, 1.82) is 0 Å². The van der Waals surface area contributed by atoms with Gasteiger partial charge in [-0.15, -0.1) is 0 Å². The number of pyridine rings is 1. The van der Waals surface area contributed by atoms with Crippen LogP contribution >= 0.6 is 0 Å². The Kier molecular flexibility index (Phi) is 5.49. The van der Waals surface area contributed by atoms with Crippen molar-refractivity contribution in [2.75, 3.05) is 50.2 Å². The number of hydrazine groups is 2. The van der Waals surface area contributed by atoms with Crippen LogP contribution in [0.3, 0.4) is 0 Å². The van der Waals surface area contributed by atoms with Crippen LogP contribution < -0.4 is 30.9 Å². The van der Waals surface area contributed by atoms with Crippen molar-refractivity contribution in [3.05, 3.63) is 48.3 Å². The predicted molar refractivity (Wildman–Crippen MR) is 119 cm³/mol. The van der Waals surface area contributed by atoms with E-state index in [-0.39, 0.29) is 24.0 Å². The first-order valence-electron chi connectivity index (χ1n) is 10.8. The molecule has 3 aliphatic heterocycles. The fourth-order valence-corrected chi connectivity index (χ4v) is 4.62. The number of aromatic nitrogens is 1. The van der Waals surface area contributed by atoms with Gasteiger partial charge in [0.2, 0.25) is 5.91 Å². The van der Waals surface area contributed by atoms with Crippen molar-refractivity contribution in [3.8, 4) is 5.75 Å². The fourth-order valence-electron chi connectivity index (χ4n) is 4.62. The molecular weight excluding hydrogens is 394 g/mol. The molecular formula is C22H29N7O2. The zero-order chi connectivity index (χ0) is 21.4. The number of carbonyl (C=O) groups is 1. The van der Waals surface area contributed by atoms with Crippen LogP contribution in [0.1, 0.15) is 18.0 Å². The Hall–Kier alpha value is -2.72. The minimum absolute atomic E-state index is 0.00823. The number of fused-ring (bicyclic) bond motifs is 1. The molecule has 164 valence electrons. The van der Waals surface area contributed by atoms with Crippen LogP contribution in [0.2, 0.25) is 0 Å². The third-order valence-electron chi connectivity index (χ3n) is 6.48. The number of hydrogen-bond acceptors (Lipinski definition) is 8. The molecule has 0 aliphatic carbocycles. The average molecular weight is 424 g/mol. The number of hydrogen-bond donors (Lipinski definition) is 3. The van der Waals surface area contributed by atoms with Gasteiger partial charge >= 0.3 is 0 Å². The van der Waals surface area contributed by atoms with E-state index in [2.05, 4.69) is 62.4 Å². The highest BCUT2D eigenvalue weighted by Gasteiger charge is 2.44. The van der Waals surface area contributed by atoms with E-state index in [0.717, 1.165) is 26.2 Å². The molecule has 1 aromatic carbocycles.